The molecule has 1 N–H and O–H groups in total. The summed E-state index contributed by atoms with van der Waals surface area (Å²) in [6.07, 6.45) is 1.10. The number of pyridine rings is 1. The zero-order valence-corrected chi connectivity index (χ0v) is 10.8. The van der Waals surface area contributed by atoms with Crippen LogP contribution < -0.4 is 0 Å². The van der Waals surface area contributed by atoms with Crippen LogP contribution in [0.15, 0.2) is 42.6 Å². The van der Waals surface area contributed by atoms with Gasteiger partial charge in [0.25, 0.3) is 0 Å². The molecule has 2 heterocycles. The molecule has 20 heavy (non-hydrogen) atoms. The number of aromatic nitrogens is 2. The zero-order chi connectivity index (χ0) is 14.3. The van der Waals surface area contributed by atoms with Gasteiger partial charge in [-0.15, -0.1) is 0 Å². The number of carboxylic acids is 1. The van der Waals surface area contributed by atoms with E-state index in [4.69, 9.17) is 11.6 Å². The number of rotatable bonds is 2. The summed E-state index contributed by atoms with van der Waals surface area (Å²) in [5.74, 6) is -1.71. The van der Waals surface area contributed by atoms with Gasteiger partial charge in [0.15, 0.2) is 5.69 Å². The Kier molecular flexibility index (Phi) is 2.91. The van der Waals surface area contributed by atoms with Crippen molar-refractivity contribution in [2.45, 2.75) is 0 Å². The van der Waals surface area contributed by atoms with Gasteiger partial charge >= 0.3 is 5.97 Å². The van der Waals surface area contributed by atoms with Crippen LogP contribution in [0.3, 0.4) is 0 Å². The highest BCUT2D eigenvalue weighted by atomic mass is 35.5. The molecule has 100 valence electrons. The first-order valence-electron chi connectivity index (χ1n) is 5.73. The van der Waals surface area contributed by atoms with Crippen LogP contribution in [-0.2, 0) is 0 Å². The molecule has 3 aromatic rings. The van der Waals surface area contributed by atoms with Crippen LogP contribution in [0.2, 0.25) is 5.02 Å². The van der Waals surface area contributed by atoms with E-state index in [9.17, 15) is 14.3 Å². The van der Waals surface area contributed by atoms with Gasteiger partial charge in [0.2, 0.25) is 0 Å². The van der Waals surface area contributed by atoms with Crippen molar-refractivity contribution in [2.24, 2.45) is 0 Å². The maximum absolute atomic E-state index is 13.3. The molecule has 4 nitrogen and oxygen atoms in total. The molecule has 6 heteroatoms. The molecule has 0 amide bonds. The van der Waals surface area contributed by atoms with Crippen LogP contribution in [0.25, 0.3) is 16.9 Å². The number of aromatic carboxylic acids is 1. The minimum Gasteiger partial charge on any atom is -0.476 e. The van der Waals surface area contributed by atoms with Gasteiger partial charge in [-0.3, -0.25) is 4.40 Å². The average molecular weight is 291 g/mol. The first-order chi connectivity index (χ1) is 9.56. The lowest BCUT2D eigenvalue weighted by Crippen LogP contribution is -2.03. The molecule has 0 aliphatic carbocycles. The van der Waals surface area contributed by atoms with Crippen LogP contribution in [0.5, 0.6) is 0 Å². The molecule has 0 bridgehead atoms. The fourth-order valence-corrected chi connectivity index (χ4v) is 2.25. The van der Waals surface area contributed by atoms with Crippen LogP contribution in [-0.4, -0.2) is 20.5 Å². The van der Waals surface area contributed by atoms with E-state index >= 15 is 0 Å². The molecule has 0 fully saturated rings. The molecule has 0 atom stereocenters. The van der Waals surface area contributed by atoms with Crippen LogP contribution in [0, 0.1) is 5.82 Å². The Balaban J connectivity index is 2.35. The van der Waals surface area contributed by atoms with E-state index in [0.717, 1.165) is 6.20 Å². The van der Waals surface area contributed by atoms with E-state index in [1.165, 1.54) is 16.5 Å². The number of carboxylic acid groups (broad SMARTS) is 1. The fourth-order valence-electron chi connectivity index (χ4n) is 2.06. The minimum absolute atomic E-state index is 0.0956. The number of imidazole rings is 1. The van der Waals surface area contributed by atoms with Gasteiger partial charge in [-0.1, -0.05) is 23.7 Å². The van der Waals surface area contributed by atoms with E-state index in [1.54, 1.807) is 24.3 Å². The Labute approximate surface area is 118 Å². The lowest BCUT2D eigenvalue weighted by Gasteiger charge is -2.01. The molecule has 0 aliphatic heterocycles. The highest BCUT2D eigenvalue weighted by Crippen LogP contribution is 2.26. The third-order valence-corrected chi connectivity index (χ3v) is 3.12. The van der Waals surface area contributed by atoms with Crippen molar-refractivity contribution in [2.75, 3.05) is 0 Å². The van der Waals surface area contributed by atoms with E-state index in [1.807, 2.05) is 0 Å². The normalized spacial score (nSPS) is 10.9. The molecular formula is C14H8ClFN2O2. The molecule has 0 saturated heterocycles. The van der Waals surface area contributed by atoms with Crippen molar-refractivity contribution in [3.05, 3.63) is 59.1 Å². The molecule has 0 unspecified atom stereocenters. The zero-order valence-electron chi connectivity index (χ0n) is 10.0. The van der Waals surface area contributed by atoms with Gasteiger partial charge in [-0.05, 0) is 24.3 Å². The molecule has 2 aromatic heterocycles. The highest BCUT2D eigenvalue weighted by molar-refractivity contribution is 6.30. The SMILES string of the molecule is O=C(O)c1c(-c2cccc(Cl)c2)nc2ccc(F)cn12. The van der Waals surface area contributed by atoms with Gasteiger partial charge in [0.05, 0.1) is 0 Å². The fraction of sp³-hybridized carbons (Fsp3) is 0. The van der Waals surface area contributed by atoms with E-state index in [2.05, 4.69) is 4.98 Å². The Bertz CT molecular complexity index is 829. The van der Waals surface area contributed by atoms with Crippen molar-refractivity contribution in [3.63, 3.8) is 0 Å². The van der Waals surface area contributed by atoms with Crippen molar-refractivity contribution in [3.8, 4) is 11.3 Å². The molecular weight excluding hydrogens is 283 g/mol. The lowest BCUT2D eigenvalue weighted by molar-refractivity contribution is 0.0690. The number of benzene rings is 1. The molecule has 1 aromatic carbocycles. The minimum atomic E-state index is -1.18. The average Bonchev–Trinajstić information content (AvgIpc) is 2.77. The number of hydrogen-bond acceptors (Lipinski definition) is 2. The predicted molar refractivity (Wildman–Crippen MR) is 72.6 cm³/mol. The van der Waals surface area contributed by atoms with Crippen LogP contribution >= 0.6 is 11.6 Å². The lowest BCUT2D eigenvalue weighted by atomic mass is 10.1. The number of carbonyl (C=O) groups is 1. The maximum atomic E-state index is 13.3. The third-order valence-electron chi connectivity index (χ3n) is 2.88. The maximum Gasteiger partial charge on any atom is 0.355 e. The van der Waals surface area contributed by atoms with Crippen molar-refractivity contribution < 1.29 is 14.3 Å². The second-order valence-corrected chi connectivity index (χ2v) is 4.64. The summed E-state index contributed by atoms with van der Waals surface area (Å²) in [5, 5.41) is 9.83. The van der Waals surface area contributed by atoms with Gasteiger partial charge in [0, 0.05) is 16.8 Å². The van der Waals surface area contributed by atoms with Gasteiger partial charge < -0.3 is 5.11 Å². The number of hydrogen-bond donors (Lipinski definition) is 1. The molecule has 0 aliphatic rings. The van der Waals surface area contributed by atoms with E-state index < -0.39 is 11.8 Å². The standard InChI is InChI=1S/C14H8ClFN2O2/c15-9-3-1-2-8(6-9)12-13(14(19)20)18-7-10(16)4-5-11(18)17-12/h1-7H,(H,19,20). The molecule has 0 saturated carbocycles. The summed E-state index contributed by atoms with van der Waals surface area (Å²) in [6.45, 7) is 0. The van der Waals surface area contributed by atoms with Crippen LogP contribution in [0.4, 0.5) is 4.39 Å². The second-order valence-electron chi connectivity index (χ2n) is 4.20. The van der Waals surface area contributed by atoms with Gasteiger partial charge in [-0.25, -0.2) is 14.2 Å². The summed E-state index contributed by atoms with van der Waals surface area (Å²) in [5.41, 5.74) is 1.09. The quantitative estimate of drug-likeness (QED) is 0.786. The second kappa shape index (κ2) is 4.61. The topological polar surface area (TPSA) is 54.6 Å². The molecule has 0 spiro atoms. The number of fused-ring (bicyclic) bond motifs is 1. The molecule has 0 radical (unpaired) electrons. The monoisotopic (exact) mass is 290 g/mol. The Morgan fingerprint density at radius 1 is 1.30 bits per heavy atom. The first kappa shape index (κ1) is 12.6. The Hall–Kier alpha value is -2.40. The number of nitrogens with zero attached hydrogens (tertiary/aromatic N) is 2. The smallest absolute Gasteiger partial charge is 0.355 e. The van der Waals surface area contributed by atoms with Crippen molar-refractivity contribution in [1.82, 2.24) is 9.38 Å². The Morgan fingerprint density at radius 2 is 2.10 bits per heavy atom. The van der Waals surface area contributed by atoms with Crippen molar-refractivity contribution in [1.29, 1.82) is 0 Å². The highest BCUT2D eigenvalue weighted by Gasteiger charge is 2.20. The largest absolute Gasteiger partial charge is 0.476 e. The van der Waals surface area contributed by atoms with Crippen LogP contribution in [0.1, 0.15) is 10.5 Å². The summed E-state index contributed by atoms with van der Waals surface area (Å²) in [4.78, 5) is 15.7. The molecule has 3 rings (SSSR count). The summed E-state index contributed by atoms with van der Waals surface area (Å²) >= 11 is 5.91. The summed E-state index contributed by atoms with van der Waals surface area (Å²) < 4.78 is 14.5. The Morgan fingerprint density at radius 3 is 2.80 bits per heavy atom. The first-order valence-corrected chi connectivity index (χ1v) is 6.11. The van der Waals surface area contributed by atoms with Crippen molar-refractivity contribution >= 4 is 23.2 Å². The van der Waals surface area contributed by atoms with Gasteiger partial charge in [0.1, 0.15) is 17.2 Å². The summed E-state index contributed by atoms with van der Waals surface area (Å²) in [6, 6.07) is 9.36. The van der Waals surface area contributed by atoms with Gasteiger partial charge in [-0.2, -0.15) is 0 Å². The summed E-state index contributed by atoms with van der Waals surface area (Å²) in [7, 11) is 0. The van der Waals surface area contributed by atoms with E-state index in [0.29, 0.717) is 16.2 Å². The van der Waals surface area contributed by atoms with E-state index in [-0.39, 0.29) is 11.4 Å². The third kappa shape index (κ3) is 2.02. The predicted octanol–water partition coefficient (Wildman–Crippen LogP) is 3.49. The number of halogens is 2.